The Hall–Kier alpha value is -0.930. The maximum atomic E-state index is 4.43. The predicted molar refractivity (Wildman–Crippen MR) is 73.9 cm³/mol. The molecule has 84 valence electrons. The van der Waals surface area contributed by atoms with Gasteiger partial charge in [0.05, 0.1) is 4.88 Å². The maximum absolute atomic E-state index is 4.43. The number of allylic oxidation sites excluding steroid dienone is 1. The molecule has 2 heterocycles. The van der Waals surface area contributed by atoms with Crippen molar-refractivity contribution in [2.45, 2.75) is 20.3 Å². The molecule has 2 aromatic heterocycles. The average Bonchev–Trinajstić information content (AvgIpc) is 2.85. The summed E-state index contributed by atoms with van der Waals surface area (Å²) in [7, 11) is 0. The highest BCUT2D eigenvalue weighted by Crippen LogP contribution is 2.29. The van der Waals surface area contributed by atoms with Gasteiger partial charge < -0.3 is 0 Å². The molecular weight excluding hydrogens is 234 g/mol. The molecule has 0 fully saturated rings. The minimum atomic E-state index is 0.723. The molecule has 0 amide bonds. The first kappa shape index (κ1) is 11.6. The molecule has 0 bridgehead atoms. The molecule has 1 nitrogen and oxygen atoms in total. The molecule has 0 saturated carbocycles. The van der Waals surface area contributed by atoms with Gasteiger partial charge in [-0.3, -0.25) is 0 Å². The molecule has 0 saturated heterocycles. The fourth-order valence-corrected chi connectivity index (χ4v) is 2.98. The highest BCUT2D eigenvalue weighted by molar-refractivity contribution is 7.21. The van der Waals surface area contributed by atoms with Crippen LogP contribution in [0.15, 0.2) is 29.8 Å². The third-order valence-electron chi connectivity index (χ3n) is 2.15. The fraction of sp³-hybridized carbons (Fsp3) is 0.308. The molecule has 0 spiro atoms. The van der Waals surface area contributed by atoms with E-state index in [1.54, 1.807) is 22.7 Å². The van der Waals surface area contributed by atoms with Crippen molar-refractivity contribution in [2.75, 3.05) is 0 Å². The van der Waals surface area contributed by atoms with Gasteiger partial charge in [0.2, 0.25) is 0 Å². The summed E-state index contributed by atoms with van der Waals surface area (Å²) in [5.41, 5.74) is 0. The topological polar surface area (TPSA) is 12.9 Å². The van der Waals surface area contributed by atoms with E-state index < -0.39 is 0 Å². The molecule has 0 N–H and O–H groups in total. The Labute approximate surface area is 104 Å². The first-order valence-electron chi connectivity index (χ1n) is 5.42. The lowest BCUT2D eigenvalue weighted by Gasteiger charge is -1.95. The van der Waals surface area contributed by atoms with Crippen LogP contribution in [-0.2, 0) is 0 Å². The van der Waals surface area contributed by atoms with Crippen LogP contribution in [0.1, 0.15) is 25.1 Å². The van der Waals surface area contributed by atoms with Gasteiger partial charge in [-0.1, -0.05) is 26.0 Å². The molecule has 0 aliphatic rings. The lowest BCUT2D eigenvalue weighted by Crippen LogP contribution is -1.80. The second-order valence-corrected chi connectivity index (χ2v) is 6.09. The van der Waals surface area contributed by atoms with Gasteiger partial charge in [0, 0.05) is 11.1 Å². The van der Waals surface area contributed by atoms with Gasteiger partial charge in [-0.05, 0) is 29.9 Å². The highest BCUT2D eigenvalue weighted by atomic mass is 32.1. The van der Waals surface area contributed by atoms with Crippen LogP contribution < -0.4 is 0 Å². The molecule has 0 aromatic carbocycles. The number of aromatic nitrogens is 1. The predicted octanol–water partition coefficient (Wildman–Crippen LogP) is 4.93. The molecule has 0 radical (unpaired) electrons. The Bertz CT molecular complexity index is 452. The molecule has 16 heavy (non-hydrogen) atoms. The smallest absolute Gasteiger partial charge is 0.133 e. The van der Waals surface area contributed by atoms with Gasteiger partial charge in [0.15, 0.2) is 0 Å². The molecule has 0 atom stereocenters. The number of thiophene rings is 1. The number of hydrogen-bond donors (Lipinski definition) is 0. The van der Waals surface area contributed by atoms with Crippen LogP contribution in [0.5, 0.6) is 0 Å². The van der Waals surface area contributed by atoms with Crippen molar-refractivity contribution >= 4 is 28.7 Å². The third kappa shape index (κ3) is 3.03. The van der Waals surface area contributed by atoms with E-state index in [0.717, 1.165) is 17.3 Å². The van der Waals surface area contributed by atoms with Gasteiger partial charge >= 0.3 is 0 Å². The zero-order valence-corrected chi connectivity index (χ0v) is 11.1. The summed E-state index contributed by atoms with van der Waals surface area (Å²) >= 11 is 3.50. The van der Waals surface area contributed by atoms with Gasteiger partial charge in [0.1, 0.15) is 5.01 Å². The monoisotopic (exact) mass is 249 g/mol. The van der Waals surface area contributed by atoms with Crippen LogP contribution in [0.2, 0.25) is 0 Å². The van der Waals surface area contributed by atoms with Gasteiger partial charge in [-0.15, -0.1) is 22.7 Å². The van der Waals surface area contributed by atoms with Crippen LogP contribution in [0.3, 0.4) is 0 Å². The molecule has 0 unspecified atom stereocenters. The first-order valence-corrected chi connectivity index (χ1v) is 7.11. The fourth-order valence-electron chi connectivity index (χ4n) is 1.33. The lowest BCUT2D eigenvalue weighted by molar-refractivity contribution is 0.665. The van der Waals surface area contributed by atoms with Crippen molar-refractivity contribution in [2.24, 2.45) is 5.92 Å². The Morgan fingerprint density at radius 3 is 3.00 bits per heavy atom. The Morgan fingerprint density at radius 1 is 1.44 bits per heavy atom. The molecule has 2 rings (SSSR count). The lowest BCUT2D eigenvalue weighted by atomic mass is 10.1. The minimum absolute atomic E-state index is 0.723. The van der Waals surface area contributed by atoms with Crippen LogP contribution in [0.4, 0.5) is 0 Å². The zero-order chi connectivity index (χ0) is 11.4. The van der Waals surface area contributed by atoms with Crippen LogP contribution in [0.25, 0.3) is 16.0 Å². The van der Waals surface area contributed by atoms with Crippen molar-refractivity contribution in [3.8, 4) is 9.88 Å². The summed E-state index contributed by atoms with van der Waals surface area (Å²) in [6.45, 7) is 4.46. The SMILES string of the molecule is CC(C)C/C=C/c1cnc(-c2cccs2)s1. The van der Waals surface area contributed by atoms with E-state index in [1.807, 2.05) is 6.20 Å². The van der Waals surface area contributed by atoms with Crippen molar-refractivity contribution in [3.63, 3.8) is 0 Å². The van der Waals surface area contributed by atoms with Crippen molar-refractivity contribution in [3.05, 3.63) is 34.7 Å². The van der Waals surface area contributed by atoms with Crippen LogP contribution in [0, 0.1) is 5.92 Å². The van der Waals surface area contributed by atoms with E-state index in [2.05, 4.69) is 48.5 Å². The normalized spacial score (nSPS) is 11.7. The quantitative estimate of drug-likeness (QED) is 0.748. The van der Waals surface area contributed by atoms with Crippen molar-refractivity contribution < 1.29 is 0 Å². The summed E-state index contributed by atoms with van der Waals surface area (Å²) in [4.78, 5) is 6.93. The summed E-state index contributed by atoms with van der Waals surface area (Å²) in [5.74, 6) is 0.723. The molecule has 2 aromatic rings. The number of rotatable bonds is 4. The number of hydrogen-bond acceptors (Lipinski definition) is 3. The molecular formula is C13H15NS2. The van der Waals surface area contributed by atoms with E-state index in [4.69, 9.17) is 0 Å². The molecule has 3 heteroatoms. The standard InChI is InChI=1S/C13H15NS2/c1-10(2)5-3-6-11-9-14-13(16-11)12-7-4-8-15-12/h3-4,6-10H,5H2,1-2H3/b6-3+. The van der Waals surface area contributed by atoms with E-state index in [-0.39, 0.29) is 0 Å². The molecule has 0 aliphatic heterocycles. The maximum Gasteiger partial charge on any atom is 0.133 e. The van der Waals surface area contributed by atoms with Gasteiger partial charge in [0.25, 0.3) is 0 Å². The Balaban J connectivity index is 2.06. The third-order valence-corrected chi connectivity index (χ3v) is 4.15. The van der Waals surface area contributed by atoms with Crippen molar-refractivity contribution in [1.82, 2.24) is 4.98 Å². The summed E-state index contributed by atoms with van der Waals surface area (Å²) in [6, 6.07) is 4.18. The second-order valence-electron chi connectivity index (χ2n) is 4.08. The van der Waals surface area contributed by atoms with E-state index >= 15 is 0 Å². The van der Waals surface area contributed by atoms with E-state index in [9.17, 15) is 0 Å². The Morgan fingerprint density at radius 2 is 2.31 bits per heavy atom. The number of thiazole rings is 1. The van der Waals surface area contributed by atoms with Gasteiger partial charge in [-0.25, -0.2) is 4.98 Å². The first-order chi connectivity index (χ1) is 7.75. The highest BCUT2D eigenvalue weighted by Gasteiger charge is 2.03. The van der Waals surface area contributed by atoms with Gasteiger partial charge in [-0.2, -0.15) is 0 Å². The second kappa shape index (κ2) is 5.41. The minimum Gasteiger partial charge on any atom is -0.243 e. The van der Waals surface area contributed by atoms with Crippen molar-refractivity contribution in [1.29, 1.82) is 0 Å². The van der Waals surface area contributed by atoms with E-state index in [0.29, 0.717) is 0 Å². The largest absolute Gasteiger partial charge is 0.243 e. The molecule has 0 aliphatic carbocycles. The summed E-state index contributed by atoms with van der Waals surface area (Å²) < 4.78 is 0. The van der Waals surface area contributed by atoms with Crippen LogP contribution in [-0.4, -0.2) is 4.98 Å². The van der Waals surface area contributed by atoms with E-state index in [1.165, 1.54) is 9.75 Å². The zero-order valence-electron chi connectivity index (χ0n) is 9.51. The Kier molecular flexibility index (Phi) is 3.91. The summed E-state index contributed by atoms with van der Waals surface area (Å²) in [5, 5.41) is 3.21. The summed E-state index contributed by atoms with van der Waals surface area (Å²) in [6.07, 6.45) is 7.49. The van der Waals surface area contributed by atoms with Crippen LogP contribution >= 0.6 is 22.7 Å². The number of nitrogens with zero attached hydrogens (tertiary/aromatic N) is 1. The average molecular weight is 249 g/mol.